The number of Topliss-reactive ketones (excluding diaryl/α,β-unsaturated/α-hetero) is 4. The molecule has 0 saturated carbocycles. The summed E-state index contributed by atoms with van der Waals surface area (Å²) >= 11 is 0. The van der Waals surface area contributed by atoms with E-state index in [1.165, 1.54) is 83.8 Å². The van der Waals surface area contributed by atoms with Crippen LogP contribution in [0.4, 0.5) is 0 Å². The highest BCUT2D eigenvalue weighted by atomic mass is 16.5. The summed E-state index contributed by atoms with van der Waals surface area (Å²) in [6.45, 7) is 15.4. The van der Waals surface area contributed by atoms with Gasteiger partial charge in [0.15, 0.2) is 5.78 Å². The second-order valence-electron chi connectivity index (χ2n) is 6.09. The summed E-state index contributed by atoms with van der Waals surface area (Å²) < 4.78 is 16.8. The fourth-order valence-electron chi connectivity index (χ4n) is 0.203. The summed E-state index contributed by atoms with van der Waals surface area (Å²) in [5.41, 5.74) is 0. The lowest BCUT2D eigenvalue weighted by atomic mass is 10.4. The van der Waals surface area contributed by atoms with Crippen molar-refractivity contribution >= 4 is 41.0 Å². The molecule has 0 aliphatic carbocycles. The lowest BCUT2D eigenvalue weighted by Crippen LogP contribution is -1.98. The number of rotatable bonds is 3. The van der Waals surface area contributed by atoms with Crippen molar-refractivity contribution in [1.82, 2.24) is 0 Å². The van der Waals surface area contributed by atoms with E-state index in [4.69, 9.17) is 0 Å². The molecule has 0 aromatic carbocycles. The van der Waals surface area contributed by atoms with Gasteiger partial charge in [-0.1, -0.05) is 36.6 Å². The monoisotopic (exact) mass is 562 g/mol. The Bertz CT molecular complexity index is 465. The second-order valence-corrected chi connectivity index (χ2v) is 6.09. The van der Waals surface area contributed by atoms with Crippen LogP contribution in [0.1, 0.15) is 105 Å². The topological polar surface area (TPSA) is 156 Å². The Morgan fingerprint density at radius 1 is 0.447 bits per heavy atom. The molecule has 0 fully saturated rings. The molecule has 0 aromatic rings. The fourth-order valence-corrected chi connectivity index (χ4v) is 0.203. The molecular weight excluding hydrogens is 500 g/mol. The van der Waals surface area contributed by atoms with Crippen LogP contribution in [0.15, 0.2) is 0 Å². The Hall–Kier alpha value is -2.95. The van der Waals surface area contributed by atoms with Gasteiger partial charge in [-0.2, -0.15) is 0 Å². The van der Waals surface area contributed by atoms with Crippen molar-refractivity contribution in [2.75, 3.05) is 35.0 Å². The van der Waals surface area contributed by atoms with E-state index in [0.717, 1.165) is 0 Å². The van der Waals surface area contributed by atoms with Crippen molar-refractivity contribution in [3.63, 3.8) is 0 Å². The van der Waals surface area contributed by atoms with E-state index in [1.807, 2.05) is 6.92 Å². The lowest BCUT2D eigenvalue weighted by molar-refractivity contribution is -0.138. The molecule has 0 rings (SSSR count). The molecule has 0 atom stereocenters. The largest absolute Gasteiger partial charge is 0.469 e. The van der Waals surface area contributed by atoms with Crippen LogP contribution in [0.3, 0.4) is 0 Å². The number of carbonyl (C=O) groups is 7. The first-order chi connectivity index (χ1) is 15.3. The average Bonchev–Trinajstić information content (AvgIpc) is 2.68. The maximum atomic E-state index is 9.92. The molecule has 0 unspecified atom stereocenters. The number of ether oxygens (including phenoxy) is 4. The summed E-state index contributed by atoms with van der Waals surface area (Å²) in [4.78, 5) is 67.4. The Morgan fingerprint density at radius 3 is 0.579 bits per heavy atom. The summed E-state index contributed by atoms with van der Waals surface area (Å²) in [5, 5.41) is 0. The fraction of sp³-hybridized carbons (Fsp3) is 0.741. The highest BCUT2D eigenvalue weighted by molar-refractivity contribution is 5.76. The molecule has 0 amide bonds. The predicted octanol–water partition coefficient (Wildman–Crippen LogP) is 5.48. The number of esters is 3. The Kier molecular flexibility index (Phi) is 119. The summed E-state index contributed by atoms with van der Waals surface area (Å²) in [6, 6.07) is 0. The van der Waals surface area contributed by atoms with Crippen LogP contribution in [0.5, 0.6) is 0 Å². The normalized spacial score (nSPS) is 6.37. The third-order valence-corrected chi connectivity index (χ3v) is 1.71. The molecular formula is C27H62O11. The summed E-state index contributed by atoms with van der Waals surface area (Å²) in [7, 11) is 5.55. The van der Waals surface area contributed by atoms with E-state index in [9.17, 15) is 33.6 Å². The zero-order chi connectivity index (χ0) is 29.3. The number of methoxy groups -OCH3 is 4. The smallest absolute Gasteiger partial charge is 0.302 e. The first kappa shape index (κ1) is 70.3. The third kappa shape index (κ3) is 524. The van der Waals surface area contributed by atoms with Crippen molar-refractivity contribution in [2.24, 2.45) is 0 Å². The minimum atomic E-state index is -0.245. The van der Waals surface area contributed by atoms with E-state index < -0.39 is 0 Å². The molecule has 0 radical (unpaired) electrons. The molecule has 11 nitrogen and oxygen atoms in total. The molecule has 0 aliphatic rings. The molecule has 11 heteroatoms. The molecule has 0 N–H and O–H groups in total. The maximum absolute atomic E-state index is 9.92. The molecule has 0 aliphatic heterocycles. The summed E-state index contributed by atoms with van der Waals surface area (Å²) in [6.07, 6.45) is 0.667. The molecule has 0 aromatic heterocycles. The van der Waals surface area contributed by atoms with E-state index in [0.29, 0.717) is 6.42 Å². The SMILES string of the molecule is C.C.C.C.CC(C)=O.CC(C)=O.CCC(C)=O.COC(C)=O.COC(C)=O.COC(C)=O.COCC(C)=O. The first-order valence-electron chi connectivity index (χ1n) is 9.88. The number of ketones is 4. The van der Waals surface area contributed by atoms with Crippen LogP contribution in [0, 0.1) is 0 Å². The predicted molar refractivity (Wildman–Crippen MR) is 156 cm³/mol. The van der Waals surface area contributed by atoms with Crippen LogP contribution in [0.25, 0.3) is 0 Å². The van der Waals surface area contributed by atoms with Gasteiger partial charge in [0, 0.05) is 34.3 Å². The Morgan fingerprint density at radius 2 is 0.579 bits per heavy atom. The van der Waals surface area contributed by atoms with Crippen molar-refractivity contribution in [3.05, 3.63) is 0 Å². The molecule has 236 valence electrons. The van der Waals surface area contributed by atoms with Gasteiger partial charge in [-0.15, -0.1) is 0 Å². The van der Waals surface area contributed by atoms with E-state index in [2.05, 4.69) is 18.9 Å². The van der Waals surface area contributed by atoms with Crippen molar-refractivity contribution in [3.8, 4) is 0 Å². The van der Waals surface area contributed by atoms with Gasteiger partial charge in [0.2, 0.25) is 0 Å². The Balaban J connectivity index is -0.0000000245. The zero-order valence-corrected chi connectivity index (χ0v) is 23.4. The molecule has 0 saturated heterocycles. The number of hydrogen-bond acceptors (Lipinski definition) is 11. The van der Waals surface area contributed by atoms with Crippen LogP contribution in [-0.2, 0) is 52.5 Å². The zero-order valence-electron chi connectivity index (χ0n) is 23.4. The summed E-state index contributed by atoms with van der Waals surface area (Å²) in [5.74, 6) is -0.0810. The van der Waals surface area contributed by atoms with Gasteiger partial charge in [-0.25, -0.2) is 0 Å². The minimum absolute atomic E-state index is 0. The van der Waals surface area contributed by atoms with Gasteiger partial charge in [-0.05, 0) is 41.5 Å². The minimum Gasteiger partial charge on any atom is -0.469 e. The standard InChI is InChI=1S/C4H8O2.C4H8O.3C3H6O2.2C3H6O.4CH4/c1-4(5)3-6-2;1-3-4(2)5;3*1-3(4)5-2;2*1-3(2)4;;;;/h3H2,1-2H3;3H2,1-2H3;3*1-2H3;2*1-2H3;4*1H4. The van der Waals surface area contributed by atoms with Crippen molar-refractivity contribution < 1.29 is 52.5 Å². The second kappa shape index (κ2) is 64.3. The molecule has 0 bridgehead atoms. The van der Waals surface area contributed by atoms with E-state index >= 15 is 0 Å². The molecule has 38 heavy (non-hydrogen) atoms. The number of carbonyl (C=O) groups excluding carboxylic acids is 7. The van der Waals surface area contributed by atoms with Crippen LogP contribution < -0.4 is 0 Å². The lowest BCUT2D eigenvalue weighted by Gasteiger charge is -1.84. The van der Waals surface area contributed by atoms with E-state index in [-0.39, 0.29) is 77.4 Å². The van der Waals surface area contributed by atoms with Crippen LogP contribution in [-0.4, -0.2) is 76.1 Å². The Labute approximate surface area is 234 Å². The van der Waals surface area contributed by atoms with Gasteiger partial charge < -0.3 is 33.3 Å². The highest BCUT2D eigenvalue weighted by Gasteiger charge is 1.83. The first-order valence-corrected chi connectivity index (χ1v) is 9.88. The third-order valence-electron chi connectivity index (χ3n) is 1.71. The molecule has 0 spiro atoms. The highest BCUT2D eigenvalue weighted by Crippen LogP contribution is 1.71. The van der Waals surface area contributed by atoms with Gasteiger partial charge in [0.05, 0.1) is 21.3 Å². The van der Waals surface area contributed by atoms with Crippen molar-refractivity contribution in [2.45, 2.75) is 105 Å². The van der Waals surface area contributed by atoms with Gasteiger partial charge >= 0.3 is 17.9 Å². The van der Waals surface area contributed by atoms with Gasteiger partial charge in [0.25, 0.3) is 0 Å². The van der Waals surface area contributed by atoms with Crippen LogP contribution in [0.2, 0.25) is 0 Å². The van der Waals surface area contributed by atoms with Gasteiger partial charge in [0.1, 0.15) is 24.0 Å². The quantitative estimate of drug-likeness (QED) is 0.317. The van der Waals surface area contributed by atoms with Gasteiger partial charge in [-0.3, -0.25) is 19.2 Å². The van der Waals surface area contributed by atoms with E-state index in [1.54, 1.807) is 6.92 Å². The number of hydrogen-bond donors (Lipinski definition) is 0. The maximum Gasteiger partial charge on any atom is 0.302 e. The van der Waals surface area contributed by atoms with Crippen LogP contribution >= 0.6 is 0 Å². The average molecular weight is 563 g/mol. The molecule has 0 heterocycles. The van der Waals surface area contributed by atoms with Crippen molar-refractivity contribution in [1.29, 1.82) is 0 Å².